The Morgan fingerprint density at radius 1 is 1.32 bits per heavy atom. The van der Waals surface area contributed by atoms with E-state index in [1.807, 2.05) is 18.7 Å². The van der Waals surface area contributed by atoms with Gasteiger partial charge in [-0.1, -0.05) is 12.8 Å². The van der Waals surface area contributed by atoms with Crippen molar-refractivity contribution in [1.29, 1.82) is 0 Å². The van der Waals surface area contributed by atoms with Gasteiger partial charge < -0.3 is 9.64 Å². The number of rotatable bonds is 4. The number of thiazole rings is 1. The molecule has 0 N–H and O–H groups in total. The maximum absolute atomic E-state index is 12.9. The van der Waals surface area contributed by atoms with E-state index in [-0.39, 0.29) is 24.2 Å². The standard InChI is InChI=1S/C17H26N2O2S/c1-12-11-22-16(18-12)15-9-5-6-10-19(15)17(20)13(2)21-14-7-3-4-8-14/h11,13-15H,3-10H2,1-2H3. The highest BCUT2D eigenvalue weighted by atomic mass is 32.1. The molecule has 1 aromatic heterocycles. The molecule has 2 atom stereocenters. The molecule has 2 aliphatic rings. The summed E-state index contributed by atoms with van der Waals surface area (Å²) in [7, 11) is 0. The summed E-state index contributed by atoms with van der Waals surface area (Å²) >= 11 is 1.68. The second kappa shape index (κ2) is 7.09. The highest BCUT2D eigenvalue weighted by Crippen LogP contribution is 2.33. The van der Waals surface area contributed by atoms with Gasteiger partial charge in [-0.3, -0.25) is 4.79 Å². The molecule has 3 rings (SSSR count). The molecule has 122 valence electrons. The molecule has 1 aromatic rings. The third kappa shape index (κ3) is 3.51. The Balaban J connectivity index is 1.67. The van der Waals surface area contributed by atoms with Gasteiger partial charge in [0, 0.05) is 17.6 Å². The van der Waals surface area contributed by atoms with Gasteiger partial charge in [-0.2, -0.15) is 0 Å². The number of likely N-dealkylation sites (tertiary alicyclic amines) is 1. The number of nitrogens with zero attached hydrogens (tertiary/aromatic N) is 2. The molecule has 22 heavy (non-hydrogen) atoms. The molecule has 2 unspecified atom stereocenters. The zero-order valence-corrected chi connectivity index (χ0v) is 14.4. The maximum Gasteiger partial charge on any atom is 0.252 e. The first-order valence-electron chi connectivity index (χ1n) is 8.53. The van der Waals surface area contributed by atoms with Crippen LogP contribution in [0.25, 0.3) is 0 Å². The topological polar surface area (TPSA) is 42.4 Å². The Bertz CT molecular complexity index is 511. The minimum atomic E-state index is -0.329. The van der Waals surface area contributed by atoms with E-state index in [9.17, 15) is 4.79 Å². The number of ether oxygens (including phenoxy) is 1. The van der Waals surface area contributed by atoms with E-state index in [1.54, 1.807) is 11.3 Å². The fraction of sp³-hybridized carbons (Fsp3) is 0.765. The summed E-state index contributed by atoms with van der Waals surface area (Å²) in [6.07, 6.45) is 7.91. The number of amides is 1. The van der Waals surface area contributed by atoms with E-state index in [0.717, 1.165) is 42.9 Å². The smallest absolute Gasteiger partial charge is 0.252 e. The van der Waals surface area contributed by atoms with Crippen molar-refractivity contribution in [3.05, 3.63) is 16.1 Å². The van der Waals surface area contributed by atoms with Crippen LogP contribution in [0.2, 0.25) is 0 Å². The predicted octanol–water partition coefficient (Wildman–Crippen LogP) is 3.85. The summed E-state index contributed by atoms with van der Waals surface area (Å²) in [5.74, 6) is 0.143. The largest absolute Gasteiger partial charge is 0.365 e. The molecule has 1 saturated heterocycles. The van der Waals surface area contributed by atoms with Crippen LogP contribution in [0.3, 0.4) is 0 Å². The SMILES string of the molecule is Cc1csc(C2CCCCN2C(=O)C(C)OC2CCCC2)n1. The number of hydrogen-bond acceptors (Lipinski definition) is 4. The second-order valence-corrected chi connectivity index (χ2v) is 7.44. The number of aromatic nitrogens is 1. The minimum Gasteiger partial charge on any atom is -0.365 e. The number of carbonyl (C=O) groups is 1. The Kier molecular flexibility index (Phi) is 5.14. The van der Waals surface area contributed by atoms with Crippen LogP contribution in [-0.2, 0) is 9.53 Å². The number of piperidine rings is 1. The summed E-state index contributed by atoms with van der Waals surface area (Å²) < 4.78 is 6.01. The fourth-order valence-corrected chi connectivity index (χ4v) is 4.53. The van der Waals surface area contributed by atoms with Gasteiger partial charge in [0.2, 0.25) is 0 Å². The molecule has 2 fully saturated rings. The molecule has 0 bridgehead atoms. The molecule has 5 heteroatoms. The molecule has 1 saturated carbocycles. The van der Waals surface area contributed by atoms with Crippen molar-refractivity contribution >= 4 is 17.2 Å². The van der Waals surface area contributed by atoms with Gasteiger partial charge in [-0.25, -0.2) is 4.98 Å². The first-order valence-corrected chi connectivity index (χ1v) is 9.41. The van der Waals surface area contributed by atoms with E-state index < -0.39 is 0 Å². The molecule has 1 amide bonds. The summed E-state index contributed by atoms with van der Waals surface area (Å²) in [4.78, 5) is 19.5. The van der Waals surface area contributed by atoms with E-state index in [2.05, 4.69) is 10.4 Å². The summed E-state index contributed by atoms with van der Waals surface area (Å²) in [5.41, 5.74) is 1.05. The molecule has 1 aliphatic heterocycles. The normalized spacial score (nSPS) is 24.6. The van der Waals surface area contributed by atoms with Crippen LogP contribution >= 0.6 is 11.3 Å². The Morgan fingerprint density at radius 3 is 2.73 bits per heavy atom. The second-order valence-electron chi connectivity index (χ2n) is 6.56. The summed E-state index contributed by atoms with van der Waals surface area (Å²) in [6.45, 7) is 4.76. The maximum atomic E-state index is 12.9. The summed E-state index contributed by atoms with van der Waals surface area (Å²) in [5, 5.41) is 3.16. The number of aryl methyl sites for hydroxylation is 1. The molecular formula is C17H26N2O2S. The lowest BCUT2D eigenvalue weighted by Crippen LogP contribution is -2.44. The van der Waals surface area contributed by atoms with Crippen molar-refractivity contribution < 1.29 is 9.53 Å². The van der Waals surface area contributed by atoms with Crippen LogP contribution in [0, 0.1) is 6.92 Å². The van der Waals surface area contributed by atoms with Gasteiger partial charge in [0.15, 0.2) is 0 Å². The first-order chi connectivity index (χ1) is 10.6. The monoisotopic (exact) mass is 322 g/mol. The highest BCUT2D eigenvalue weighted by Gasteiger charge is 2.33. The van der Waals surface area contributed by atoms with Crippen LogP contribution in [0.5, 0.6) is 0 Å². The number of hydrogen-bond donors (Lipinski definition) is 0. The van der Waals surface area contributed by atoms with Crippen molar-refractivity contribution in [2.24, 2.45) is 0 Å². The summed E-state index contributed by atoms with van der Waals surface area (Å²) in [6, 6.07) is 0.148. The van der Waals surface area contributed by atoms with Crippen molar-refractivity contribution in [3.8, 4) is 0 Å². The number of carbonyl (C=O) groups excluding carboxylic acids is 1. The lowest BCUT2D eigenvalue weighted by molar-refractivity contribution is -0.150. The quantitative estimate of drug-likeness (QED) is 0.845. The molecular weight excluding hydrogens is 296 g/mol. The zero-order valence-electron chi connectivity index (χ0n) is 13.6. The fourth-order valence-electron chi connectivity index (χ4n) is 3.58. The van der Waals surface area contributed by atoms with Crippen LogP contribution in [0.1, 0.15) is 68.6 Å². The molecule has 4 nitrogen and oxygen atoms in total. The zero-order chi connectivity index (χ0) is 15.5. The van der Waals surface area contributed by atoms with Crippen LogP contribution in [0.15, 0.2) is 5.38 Å². The highest BCUT2D eigenvalue weighted by molar-refractivity contribution is 7.09. The molecule has 0 aromatic carbocycles. The molecule has 0 radical (unpaired) electrons. The Morgan fingerprint density at radius 2 is 2.05 bits per heavy atom. The van der Waals surface area contributed by atoms with Gasteiger partial charge >= 0.3 is 0 Å². The van der Waals surface area contributed by atoms with E-state index in [4.69, 9.17) is 4.74 Å². The molecule has 1 aliphatic carbocycles. The third-order valence-electron chi connectivity index (χ3n) is 4.75. The minimum absolute atomic E-state index is 0.143. The van der Waals surface area contributed by atoms with Crippen molar-refractivity contribution in [1.82, 2.24) is 9.88 Å². The van der Waals surface area contributed by atoms with Crippen molar-refractivity contribution in [3.63, 3.8) is 0 Å². The van der Waals surface area contributed by atoms with Gasteiger partial charge in [0.05, 0.1) is 12.1 Å². The van der Waals surface area contributed by atoms with Crippen LogP contribution < -0.4 is 0 Å². The molecule has 0 spiro atoms. The Labute approximate surface area is 136 Å². The average Bonchev–Trinajstić information content (AvgIpc) is 3.18. The third-order valence-corrected chi connectivity index (χ3v) is 5.82. The van der Waals surface area contributed by atoms with Gasteiger partial charge in [0.1, 0.15) is 11.1 Å². The predicted molar refractivity (Wildman–Crippen MR) is 88.0 cm³/mol. The van der Waals surface area contributed by atoms with E-state index in [1.165, 1.54) is 19.3 Å². The lowest BCUT2D eigenvalue weighted by Gasteiger charge is -2.36. The first kappa shape index (κ1) is 15.9. The van der Waals surface area contributed by atoms with Gasteiger partial charge in [-0.05, 0) is 46.0 Å². The van der Waals surface area contributed by atoms with Gasteiger partial charge in [0.25, 0.3) is 5.91 Å². The van der Waals surface area contributed by atoms with Crippen LogP contribution in [0.4, 0.5) is 0 Å². The van der Waals surface area contributed by atoms with E-state index >= 15 is 0 Å². The Hall–Kier alpha value is -0.940. The lowest BCUT2D eigenvalue weighted by atomic mass is 10.0. The average molecular weight is 322 g/mol. The van der Waals surface area contributed by atoms with Gasteiger partial charge in [-0.15, -0.1) is 11.3 Å². The van der Waals surface area contributed by atoms with Crippen molar-refractivity contribution in [2.45, 2.75) is 77.0 Å². The van der Waals surface area contributed by atoms with Crippen molar-refractivity contribution in [2.75, 3.05) is 6.54 Å². The van der Waals surface area contributed by atoms with Crippen LogP contribution in [-0.4, -0.2) is 34.5 Å². The molecule has 2 heterocycles. The van der Waals surface area contributed by atoms with E-state index in [0.29, 0.717) is 0 Å².